The van der Waals surface area contributed by atoms with Gasteiger partial charge >= 0.3 is 5.97 Å². The molecular weight excluding hydrogens is 408 g/mol. The number of methoxy groups -OCH3 is 1. The van der Waals surface area contributed by atoms with Crippen LogP contribution in [0.25, 0.3) is 0 Å². The number of carbonyl (C=O) groups is 3. The molecule has 30 heavy (non-hydrogen) atoms. The molecule has 3 aromatic rings. The minimum absolute atomic E-state index is 0.0692. The molecule has 0 spiro atoms. The van der Waals surface area contributed by atoms with Gasteiger partial charge in [0.1, 0.15) is 6.54 Å². The van der Waals surface area contributed by atoms with Crippen LogP contribution in [0.15, 0.2) is 60.9 Å². The van der Waals surface area contributed by atoms with Gasteiger partial charge in [-0.25, -0.2) is 4.79 Å². The smallest absolute Gasteiger partial charge is 0.337 e. The van der Waals surface area contributed by atoms with Crippen molar-refractivity contribution in [3.8, 4) is 0 Å². The van der Waals surface area contributed by atoms with Gasteiger partial charge in [-0.3, -0.25) is 14.3 Å². The number of halogens is 1. The lowest BCUT2D eigenvalue weighted by atomic mass is 10.1. The van der Waals surface area contributed by atoms with Crippen LogP contribution in [-0.4, -0.2) is 34.7 Å². The first-order valence-corrected chi connectivity index (χ1v) is 9.36. The third-order valence-electron chi connectivity index (χ3n) is 4.14. The molecule has 3 rings (SSSR count). The van der Waals surface area contributed by atoms with Crippen molar-refractivity contribution in [1.29, 1.82) is 0 Å². The molecule has 1 heterocycles. The molecule has 0 radical (unpaired) electrons. The standard InChI is InChI=1S/C21H19ClN4O4/c1-30-21(29)15-9-14(12-23-19(27)13-26-8-4-7-24-26)10-16(11-15)25-20(28)17-5-2-3-6-18(17)22/h2-11H,12-13H2,1H3,(H,23,27)(H,25,28). The molecule has 0 aliphatic rings. The Morgan fingerprint density at radius 2 is 1.93 bits per heavy atom. The van der Waals surface area contributed by atoms with Crippen molar-refractivity contribution in [1.82, 2.24) is 15.1 Å². The predicted molar refractivity (Wildman–Crippen MR) is 111 cm³/mol. The Balaban J connectivity index is 1.76. The highest BCUT2D eigenvalue weighted by Gasteiger charge is 2.14. The van der Waals surface area contributed by atoms with Crippen molar-refractivity contribution in [3.05, 3.63) is 82.6 Å². The molecule has 0 saturated carbocycles. The van der Waals surface area contributed by atoms with E-state index in [0.29, 0.717) is 21.8 Å². The molecule has 2 aromatic carbocycles. The van der Waals surface area contributed by atoms with E-state index < -0.39 is 11.9 Å². The number of hydrogen-bond donors (Lipinski definition) is 2. The van der Waals surface area contributed by atoms with Crippen molar-refractivity contribution >= 4 is 35.1 Å². The molecule has 0 unspecified atom stereocenters. The second-order valence-corrected chi connectivity index (χ2v) is 6.73. The van der Waals surface area contributed by atoms with E-state index >= 15 is 0 Å². The van der Waals surface area contributed by atoms with Gasteiger partial charge in [0.05, 0.1) is 23.3 Å². The number of nitrogens with one attached hydrogen (secondary N) is 2. The van der Waals surface area contributed by atoms with Gasteiger partial charge in [0, 0.05) is 24.6 Å². The Hall–Kier alpha value is -3.65. The van der Waals surface area contributed by atoms with E-state index in [1.54, 1.807) is 54.9 Å². The molecule has 0 bridgehead atoms. The first-order chi connectivity index (χ1) is 14.5. The fraction of sp³-hybridized carbons (Fsp3) is 0.143. The van der Waals surface area contributed by atoms with Crippen LogP contribution in [0.3, 0.4) is 0 Å². The normalized spacial score (nSPS) is 10.3. The highest BCUT2D eigenvalue weighted by molar-refractivity contribution is 6.34. The van der Waals surface area contributed by atoms with Crippen molar-refractivity contribution in [2.45, 2.75) is 13.1 Å². The number of carbonyl (C=O) groups excluding carboxylic acids is 3. The molecule has 0 aliphatic heterocycles. The number of nitrogens with zero attached hydrogens (tertiary/aromatic N) is 2. The Labute approximate surface area is 177 Å². The average molecular weight is 427 g/mol. The van der Waals surface area contributed by atoms with E-state index in [1.165, 1.54) is 17.9 Å². The summed E-state index contributed by atoms with van der Waals surface area (Å²) in [5.74, 6) is -1.23. The van der Waals surface area contributed by atoms with Crippen LogP contribution in [0.5, 0.6) is 0 Å². The molecule has 9 heteroatoms. The third-order valence-corrected chi connectivity index (χ3v) is 4.47. The number of esters is 1. The van der Waals surface area contributed by atoms with E-state index in [2.05, 4.69) is 15.7 Å². The fourth-order valence-electron chi connectivity index (χ4n) is 2.74. The maximum Gasteiger partial charge on any atom is 0.337 e. The molecule has 0 saturated heterocycles. The number of benzene rings is 2. The Kier molecular flexibility index (Phi) is 6.82. The molecule has 2 N–H and O–H groups in total. The second kappa shape index (κ2) is 9.71. The molecule has 1 aromatic heterocycles. The molecule has 0 atom stereocenters. The maximum atomic E-state index is 12.5. The largest absolute Gasteiger partial charge is 0.465 e. The average Bonchev–Trinajstić information content (AvgIpc) is 3.24. The number of rotatable bonds is 7. The summed E-state index contributed by atoms with van der Waals surface area (Å²) in [5.41, 5.74) is 1.53. The fourth-order valence-corrected chi connectivity index (χ4v) is 2.96. The summed E-state index contributed by atoms with van der Waals surface area (Å²) in [6, 6.07) is 13.1. The van der Waals surface area contributed by atoms with Crippen LogP contribution in [0, 0.1) is 0 Å². The van der Waals surface area contributed by atoms with Crippen LogP contribution in [0.1, 0.15) is 26.3 Å². The van der Waals surface area contributed by atoms with E-state index in [0.717, 1.165) is 0 Å². The van der Waals surface area contributed by atoms with E-state index in [1.807, 2.05) is 0 Å². The summed E-state index contributed by atoms with van der Waals surface area (Å²) in [6.07, 6.45) is 3.26. The summed E-state index contributed by atoms with van der Waals surface area (Å²) in [4.78, 5) is 36.7. The predicted octanol–water partition coefficient (Wildman–Crippen LogP) is 2.89. The first kappa shape index (κ1) is 21.1. The Morgan fingerprint density at radius 1 is 1.13 bits per heavy atom. The number of aromatic nitrogens is 2. The molecule has 2 amide bonds. The number of amides is 2. The first-order valence-electron chi connectivity index (χ1n) is 8.98. The Morgan fingerprint density at radius 3 is 2.63 bits per heavy atom. The highest BCUT2D eigenvalue weighted by Crippen LogP contribution is 2.20. The minimum Gasteiger partial charge on any atom is -0.465 e. The molecule has 0 aliphatic carbocycles. The summed E-state index contributed by atoms with van der Waals surface area (Å²) in [5, 5.41) is 9.77. The molecule has 154 valence electrons. The number of anilines is 1. The minimum atomic E-state index is -0.562. The lowest BCUT2D eigenvalue weighted by Gasteiger charge is -2.12. The van der Waals surface area contributed by atoms with Gasteiger partial charge in [-0.15, -0.1) is 0 Å². The van der Waals surface area contributed by atoms with E-state index in [-0.39, 0.29) is 24.6 Å². The van der Waals surface area contributed by atoms with Crippen molar-refractivity contribution < 1.29 is 19.1 Å². The van der Waals surface area contributed by atoms with Gasteiger partial charge in [-0.2, -0.15) is 5.10 Å². The van der Waals surface area contributed by atoms with Gasteiger partial charge in [0.2, 0.25) is 5.91 Å². The summed E-state index contributed by atoms with van der Waals surface area (Å²) < 4.78 is 6.27. The lowest BCUT2D eigenvalue weighted by molar-refractivity contribution is -0.122. The van der Waals surface area contributed by atoms with Crippen molar-refractivity contribution in [2.24, 2.45) is 0 Å². The number of hydrogen-bond acceptors (Lipinski definition) is 5. The Bertz CT molecular complexity index is 1070. The van der Waals surface area contributed by atoms with Crippen LogP contribution < -0.4 is 10.6 Å². The zero-order valence-corrected chi connectivity index (χ0v) is 16.8. The van der Waals surface area contributed by atoms with Crippen LogP contribution in [0.2, 0.25) is 5.02 Å². The van der Waals surface area contributed by atoms with E-state index in [9.17, 15) is 14.4 Å². The zero-order valence-electron chi connectivity index (χ0n) is 16.1. The van der Waals surface area contributed by atoms with Gasteiger partial charge in [-0.05, 0) is 42.0 Å². The van der Waals surface area contributed by atoms with Gasteiger partial charge in [0.25, 0.3) is 5.91 Å². The molecule has 0 fully saturated rings. The van der Waals surface area contributed by atoms with Gasteiger partial charge in [-0.1, -0.05) is 23.7 Å². The number of ether oxygens (including phenoxy) is 1. The van der Waals surface area contributed by atoms with Crippen LogP contribution >= 0.6 is 11.6 Å². The van der Waals surface area contributed by atoms with Crippen LogP contribution in [-0.2, 0) is 22.6 Å². The van der Waals surface area contributed by atoms with Crippen LogP contribution in [0.4, 0.5) is 5.69 Å². The SMILES string of the molecule is COC(=O)c1cc(CNC(=O)Cn2cccn2)cc(NC(=O)c2ccccc2Cl)c1. The zero-order chi connectivity index (χ0) is 21.5. The second-order valence-electron chi connectivity index (χ2n) is 6.32. The summed E-state index contributed by atoms with van der Waals surface area (Å²) in [7, 11) is 1.27. The topological polar surface area (TPSA) is 102 Å². The maximum absolute atomic E-state index is 12.5. The summed E-state index contributed by atoms with van der Waals surface area (Å²) in [6.45, 7) is 0.222. The molecule has 8 nitrogen and oxygen atoms in total. The van der Waals surface area contributed by atoms with Crippen molar-refractivity contribution in [2.75, 3.05) is 12.4 Å². The van der Waals surface area contributed by atoms with Gasteiger partial charge in [0.15, 0.2) is 0 Å². The molecular formula is C21H19ClN4O4. The lowest BCUT2D eigenvalue weighted by Crippen LogP contribution is -2.27. The third kappa shape index (κ3) is 5.45. The monoisotopic (exact) mass is 426 g/mol. The van der Waals surface area contributed by atoms with Crippen molar-refractivity contribution in [3.63, 3.8) is 0 Å². The van der Waals surface area contributed by atoms with E-state index in [4.69, 9.17) is 16.3 Å². The quantitative estimate of drug-likeness (QED) is 0.565. The highest BCUT2D eigenvalue weighted by atomic mass is 35.5. The van der Waals surface area contributed by atoms with Gasteiger partial charge < -0.3 is 15.4 Å². The summed E-state index contributed by atoms with van der Waals surface area (Å²) >= 11 is 6.07.